The summed E-state index contributed by atoms with van der Waals surface area (Å²) >= 11 is 7.57. The molecule has 2 rings (SSSR count). The molecule has 0 atom stereocenters. The van der Waals surface area contributed by atoms with Crippen LogP contribution in [0.15, 0.2) is 35.7 Å². The van der Waals surface area contributed by atoms with Gasteiger partial charge in [-0.05, 0) is 42.0 Å². The third kappa shape index (κ3) is 6.69. The highest BCUT2D eigenvalue weighted by Gasteiger charge is 2.08. The Morgan fingerprint density at radius 2 is 2.08 bits per heavy atom. The lowest BCUT2D eigenvalue weighted by Crippen LogP contribution is -2.24. The molecule has 1 aromatic heterocycles. The van der Waals surface area contributed by atoms with E-state index in [4.69, 9.17) is 16.3 Å². The maximum atomic E-state index is 12.0. The molecule has 0 saturated heterocycles. The van der Waals surface area contributed by atoms with Crippen molar-refractivity contribution in [2.45, 2.75) is 26.7 Å². The van der Waals surface area contributed by atoms with Gasteiger partial charge in [0.25, 0.3) is 5.91 Å². The van der Waals surface area contributed by atoms with Crippen molar-refractivity contribution in [3.8, 4) is 5.75 Å². The zero-order valence-corrected chi connectivity index (χ0v) is 16.5. The van der Waals surface area contributed by atoms with E-state index in [1.807, 2.05) is 11.4 Å². The Morgan fingerprint density at radius 3 is 2.73 bits per heavy atom. The van der Waals surface area contributed by atoms with Crippen molar-refractivity contribution in [2.75, 3.05) is 18.5 Å². The Balaban J connectivity index is 1.72. The zero-order chi connectivity index (χ0) is 18.9. The van der Waals surface area contributed by atoms with E-state index in [0.29, 0.717) is 53.2 Å². The van der Waals surface area contributed by atoms with Gasteiger partial charge in [0.05, 0.1) is 16.5 Å². The van der Waals surface area contributed by atoms with Crippen molar-refractivity contribution >= 4 is 40.4 Å². The van der Waals surface area contributed by atoms with Gasteiger partial charge in [0.15, 0.2) is 0 Å². The minimum Gasteiger partial charge on any atom is -0.492 e. The van der Waals surface area contributed by atoms with Crippen LogP contribution in [-0.4, -0.2) is 25.0 Å². The van der Waals surface area contributed by atoms with Crippen molar-refractivity contribution in [2.24, 2.45) is 5.92 Å². The lowest BCUT2D eigenvalue weighted by Gasteiger charge is -2.12. The van der Waals surface area contributed by atoms with Crippen molar-refractivity contribution in [3.63, 3.8) is 0 Å². The van der Waals surface area contributed by atoms with E-state index in [1.165, 1.54) is 11.3 Å². The molecule has 0 bridgehead atoms. The minimum atomic E-state index is -0.123. The predicted octanol–water partition coefficient (Wildman–Crippen LogP) is 4.59. The summed E-state index contributed by atoms with van der Waals surface area (Å²) in [6, 6.07) is 8.79. The summed E-state index contributed by atoms with van der Waals surface area (Å²) in [5.41, 5.74) is 0.625. The second kappa shape index (κ2) is 10.2. The fourth-order valence-electron chi connectivity index (χ4n) is 2.12. The molecule has 2 amide bonds. The van der Waals surface area contributed by atoms with Crippen LogP contribution in [0.2, 0.25) is 5.02 Å². The molecule has 0 radical (unpaired) electrons. The van der Waals surface area contributed by atoms with Crippen molar-refractivity contribution in [1.82, 2.24) is 5.32 Å². The van der Waals surface area contributed by atoms with Gasteiger partial charge in [0.1, 0.15) is 5.75 Å². The van der Waals surface area contributed by atoms with E-state index < -0.39 is 0 Å². The highest BCUT2D eigenvalue weighted by Crippen LogP contribution is 2.28. The van der Waals surface area contributed by atoms with Gasteiger partial charge in [-0.25, -0.2) is 0 Å². The second-order valence-electron chi connectivity index (χ2n) is 6.23. The summed E-state index contributed by atoms with van der Waals surface area (Å²) in [6.45, 7) is 5.16. The van der Waals surface area contributed by atoms with Crippen LogP contribution >= 0.6 is 22.9 Å². The highest BCUT2D eigenvalue weighted by atomic mass is 35.5. The predicted molar refractivity (Wildman–Crippen MR) is 106 cm³/mol. The van der Waals surface area contributed by atoms with E-state index in [9.17, 15) is 9.59 Å². The van der Waals surface area contributed by atoms with E-state index in [1.54, 1.807) is 24.3 Å². The molecule has 2 aromatic rings. The number of rotatable bonds is 9. The van der Waals surface area contributed by atoms with Gasteiger partial charge in [-0.3, -0.25) is 9.59 Å². The zero-order valence-electron chi connectivity index (χ0n) is 14.9. The van der Waals surface area contributed by atoms with Gasteiger partial charge in [-0.15, -0.1) is 11.3 Å². The van der Waals surface area contributed by atoms with Gasteiger partial charge in [0.2, 0.25) is 5.91 Å². The van der Waals surface area contributed by atoms with Crippen molar-refractivity contribution < 1.29 is 14.3 Å². The van der Waals surface area contributed by atoms with Crippen LogP contribution in [0.25, 0.3) is 0 Å². The van der Waals surface area contributed by atoms with Gasteiger partial charge in [-0.1, -0.05) is 31.5 Å². The van der Waals surface area contributed by atoms with Crippen LogP contribution in [-0.2, 0) is 4.79 Å². The van der Waals surface area contributed by atoms with Crippen LogP contribution < -0.4 is 15.4 Å². The molecule has 0 fully saturated rings. The van der Waals surface area contributed by atoms with Crippen LogP contribution in [0.3, 0.4) is 0 Å². The van der Waals surface area contributed by atoms with Gasteiger partial charge >= 0.3 is 0 Å². The van der Waals surface area contributed by atoms with Gasteiger partial charge in [-0.2, -0.15) is 0 Å². The fraction of sp³-hybridized carbons (Fsp3) is 0.368. The first-order chi connectivity index (χ1) is 12.5. The molecule has 5 nitrogen and oxygen atoms in total. The number of benzene rings is 1. The Morgan fingerprint density at radius 1 is 1.27 bits per heavy atom. The number of nitrogens with one attached hydrogen (secondary N) is 2. The number of amides is 2. The number of thiophene rings is 1. The standard InChI is InChI=1S/C19H23ClN2O3S/c1-13(2)12-25-16-8-7-14(11-15(16)20)22-18(23)6-3-9-21-19(24)17-5-4-10-26-17/h4-5,7-8,10-11,13H,3,6,9,12H2,1-2H3,(H,21,24)(H,22,23). The summed E-state index contributed by atoms with van der Waals surface area (Å²) in [4.78, 5) is 24.4. The largest absolute Gasteiger partial charge is 0.492 e. The third-order valence-corrected chi connectivity index (χ3v) is 4.56. The molecule has 1 aromatic carbocycles. The van der Waals surface area contributed by atoms with Crippen molar-refractivity contribution in [1.29, 1.82) is 0 Å². The fourth-order valence-corrected chi connectivity index (χ4v) is 3.00. The van der Waals surface area contributed by atoms with Crippen LogP contribution in [0.1, 0.15) is 36.4 Å². The molecule has 0 saturated carbocycles. The number of carbonyl (C=O) groups is 2. The smallest absolute Gasteiger partial charge is 0.261 e. The van der Waals surface area contributed by atoms with Crippen LogP contribution in [0.4, 0.5) is 5.69 Å². The number of anilines is 1. The molecule has 1 heterocycles. The topological polar surface area (TPSA) is 67.4 Å². The Bertz CT molecular complexity index is 732. The molecule has 26 heavy (non-hydrogen) atoms. The highest BCUT2D eigenvalue weighted by molar-refractivity contribution is 7.12. The summed E-state index contributed by atoms with van der Waals surface area (Å²) in [6.07, 6.45) is 0.875. The molecule has 2 N–H and O–H groups in total. The minimum absolute atomic E-state index is 0.107. The molecule has 0 aliphatic heterocycles. The van der Waals surface area contributed by atoms with Crippen LogP contribution in [0, 0.1) is 5.92 Å². The first-order valence-corrected chi connectivity index (χ1v) is 9.75. The normalized spacial score (nSPS) is 10.6. The molecule has 0 unspecified atom stereocenters. The quantitative estimate of drug-likeness (QED) is 0.611. The Kier molecular flexibility index (Phi) is 7.94. The summed E-state index contributed by atoms with van der Waals surface area (Å²) in [5, 5.41) is 7.92. The summed E-state index contributed by atoms with van der Waals surface area (Å²) in [5.74, 6) is 0.784. The molecule has 0 spiro atoms. The third-order valence-electron chi connectivity index (χ3n) is 3.40. The molecule has 140 valence electrons. The molecule has 7 heteroatoms. The average molecular weight is 395 g/mol. The lowest BCUT2D eigenvalue weighted by atomic mass is 10.2. The van der Waals surface area contributed by atoms with E-state index >= 15 is 0 Å². The van der Waals surface area contributed by atoms with E-state index in [2.05, 4.69) is 24.5 Å². The lowest BCUT2D eigenvalue weighted by molar-refractivity contribution is -0.116. The van der Waals surface area contributed by atoms with Gasteiger partial charge in [0, 0.05) is 18.7 Å². The summed E-state index contributed by atoms with van der Waals surface area (Å²) in [7, 11) is 0. The Labute approximate surface area is 162 Å². The first kappa shape index (κ1) is 20.3. The van der Waals surface area contributed by atoms with Crippen LogP contribution in [0.5, 0.6) is 5.75 Å². The number of carbonyl (C=O) groups excluding carboxylic acids is 2. The number of hydrogen-bond acceptors (Lipinski definition) is 4. The van der Waals surface area contributed by atoms with E-state index in [0.717, 1.165) is 0 Å². The maximum absolute atomic E-state index is 12.0. The molecular weight excluding hydrogens is 372 g/mol. The molecular formula is C19H23ClN2O3S. The molecule has 0 aliphatic rings. The SMILES string of the molecule is CC(C)COc1ccc(NC(=O)CCCNC(=O)c2cccs2)cc1Cl. The Hall–Kier alpha value is -2.05. The summed E-state index contributed by atoms with van der Waals surface area (Å²) < 4.78 is 5.61. The number of hydrogen-bond donors (Lipinski definition) is 2. The first-order valence-electron chi connectivity index (χ1n) is 8.49. The number of ether oxygens (including phenoxy) is 1. The van der Waals surface area contributed by atoms with E-state index in [-0.39, 0.29) is 11.8 Å². The average Bonchev–Trinajstić information content (AvgIpc) is 3.12. The number of halogens is 1. The van der Waals surface area contributed by atoms with Gasteiger partial charge < -0.3 is 15.4 Å². The molecule has 0 aliphatic carbocycles. The van der Waals surface area contributed by atoms with Crippen molar-refractivity contribution in [3.05, 3.63) is 45.6 Å². The monoisotopic (exact) mass is 394 g/mol. The second-order valence-corrected chi connectivity index (χ2v) is 7.59. The maximum Gasteiger partial charge on any atom is 0.261 e.